The Balaban J connectivity index is 2.00. The maximum Gasteiger partial charge on any atom is 0.407 e. The number of amides is 1. The number of ether oxygens (including phenoxy) is 1. The first-order chi connectivity index (χ1) is 6.74. The molecule has 1 aromatic carbocycles. The number of rotatable bonds is 2. The molecule has 1 atom stereocenters. The van der Waals surface area contributed by atoms with Crippen LogP contribution in [0.25, 0.3) is 0 Å². The van der Waals surface area contributed by atoms with Gasteiger partial charge in [0.2, 0.25) is 0 Å². The van der Waals surface area contributed by atoms with E-state index in [0.29, 0.717) is 6.54 Å². The van der Waals surface area contributed by atoms with E-state index in [-0.39, 0.29) is 12.2 Å². The number of nitrogens with one attached hydrogen (secondary N) is 1. The van der Waals surface area contributed by atoms with Gasteiger partial charge in [-0.25, -0.2) is 4.79 Å². The van der Waals surface area contributed by atoms with Crippen molar-refractivity contribution in [1.82, 2.24) is 5.32 Å². The molecule has 0 spiro atoms. The minimum absolute atomic E-state index is 0.00991. The van der Waals surface area contributed by atoms with Gasteiger partial charge in [-0.3, -0.25) is 0 Å². The third-order valence-electron chi connectivity index (χ3n) is 2.29. The molecule has 1 saturated heterocycles. The molecule has 0 radical (unpaired) electrons. The molecule has 0 aliphatic carbocycles. The van der Waals surface area contributed by atoms with Crippen LogP contribution >= 0.6 is 0 Å². The van der Waals surface area contributed by atoms with Gasteiger partial charge in [0, 0.05) is 6.42 Å². The fourth-order valence-corrected chi connectivity index (χ4v) is 1.65. The maximum absolute atomic E-state index is 10.8. The van der Waals surface area contributed by atoms with Crippen molar-refractivity contribution in [3.8, 4) is 0 Å². The van der Waals surface area contributed by atoms with Crippen LogP contribution in [0.4, 0.5) is 4.79 Å². The zero-order valence-corrected chi connectivity index (χ0v) is 8.12. The number of hydrogen-bond donors (Lipinski definition) is 1. The van der Waals surface area contributed by atoms with Gasteiger partial charge in [0.15, 0.2) is 0 Å². The fourth-order valence-electron chi connectivity index (χ4n) is 1.65. The Morgan fingerprint density at radius 1 is 1.57 bits per heavy atom. The molecule has 1 aliphatic rings. The van der Waals surface area contributed by atoms with Gasteiger partial charge in [0.05, 0.1) is 6.54 Å². The van der Waals surface area contributed by atoms with Crippen LogP contribution in [0.3, 0.4) is 0 Å². The smallest absolute Gasteiger partial charge is 0.407 e. The lowest BCUT2D eigenvalue weighted by Gasteiger charge is -2.07. The van der Waals surface area contributed by atoms with Gasteiger partial charge in [0.25, 0.3) is 0 Å². The minimum atomic E-state index is -0.303. The Bertz CT molecular complexity index is 349. The highest BCUT2D eigenvalue weighted by Crippen LogP contribution is 2.11. The molecule has 0 saturated carbocycles. The number of alkyl carbamates (subject to hydrolysis) is 1. The van der Waals surface area contributed by atoms with Crippen molar-refractivity contribution in [1.29, 1.82) is 0 Å². The van der Waals surface area contributed by atoms with Crippen LogP contribution in [0.15, 0.2) is 24.3 Å². The zero-order valence-electron chi connectivity index (χ0n) is 8.12. The quantitative estimate of drug-likeness (QED) is 0.771. The van der Waals surface area contributed by atoms with Crippen LogP contribution in [-0.4, -0.2) is 18.7 Å². The SMILES string of the molecule is Cc1cccc(CC2CNC(=O)O2)c1. The van der Waals surface area contributed by atoms with Crippen molar-refractivity contribution in [2.45, 2.75) is 19.4 Å². The highest BCUT2D eigenvalue weighted by Gasteiger charge is 2.22. The molecule has 14 heavy (non-hydrogen) atoms. The average Bonchev–Trinajstić information content (AvgIpc) is 2.51. The largest absolute Gasteiger partial charge is 0.444 e. The molecule has 1 fully saturated rings. The Kier molecular flexibility index (Phi) is 2.39. The molecule has 1 N–H and O–H groups in total. The lowest BCUT2D eigenvalue weighted by molar-refractivity contribution is 0.140. The Hall–Kier alpha value is -1.51. The van der Waals surface area contributed by atoms with E-state index in [1.807, 2.05) is 6.07 Å². The van der Waals surface area contributed by atoms with E-state index in [0.717, 1.165) is 6.42 Å². The van der Waals surface area contributed by atoms with Crippen LogP contribution in [0, 0.1) is 6.92 Å². The number of carbonyl (C=O) groups is 1. The Morgan fingerprint density at radius 3 is 3.07 bits per heavy atom. The summed E-state index contributed by atoms with van der Waals surface area (Å²) in [5.41, 5.74) is 2.45. The molecule has 1 heterocycles. The molecule has 2 rings (SSSR count). The van der Waals surface area contributed by atoms with Crippen molar-refractivity contribution in [3.63, 3.8) is 0 Å². The number of aryl methyl sites for hydroxylation is 1. The van der Waals surface area contributed by atoms with Crippen molar-refractivity contribution >= 4 is 6.09 Å². The summed E-state index contributed by atoms with van der Waals surface area (Å²) in [6.45, 7) is 2.68. The Morgan fingerprint density at radius 2 is 2.43 bits per heavy atom. The molecular weight excluding hydrogens is 178 g/mol. The second kappa shape index (κ2) is 3.70. The van der Waals surface area contributed by atoms with E-state index in [2.05, 4.69) is 30.4 Å². The van der Waals surface area contributed by atoms with Crippen LogP contribution in [-0.2, 0) is 11.2 Å². The number of carbonyl (C=O) groups excluding carboxylic acids is 1. The summed E-state index contributed by atoms with van der Waals surface area (Å²) in [5, 5.41) is 2.64. The molecular formula is C11H13NO2. The highest BCUT2D eigenvalue weighted by atomic mass is 16.6. The third kappa shape index (κ3) is 2.05. The standard InChI is InChI=1S/C11H13NO2/c1-8-3-2-4-9(5-8)6-10-7-12-11(13)14-10/h2-5,10H,6-7H2,1H3,(H,12,13). The second-order valence-corrected chi connectivity index (χ2v) is 3.60. The van der Waals surface area contributed by atoms with Crippen molar-refractivity contribution < 1.29 is 9.53 Å². The second-order valence-electron chi connectivity index (χ2n) is 3.60. The van der Waals surface area contributed by atoms with E-state index in [1.165, 1.54) is 11.1 Å². The van der Waals surface area contributed by atoms with Crippen molar-refractivity contribution in [3.05, 3.63) is 35.4 Å². The van der Waals surface area contributed by atoms with Gasteiger partial charge in [-0.1, -0.05) is 29.8 Å². The van der Waals surface area contributed by atoms with Crippen LogP contribution < -0.4 is 5.32 Å². The van der Waals surface area contributed by atoms with Gasteiger partial charge >= 0.3 is 6.09 Å². The van der Waals surface area contributed by atoms with Crippen LogP contribution in [0.1, 0.15) is 11.1 Å². The monoisotopic (exact) mass is 191 g/mol. The number of cyclic esters (lactones) is 1. The van der Waals surface area contributed by atoms with Crippen molar-refractivity contribution in [2.24, 2.45) is 0 Å². The number of benzene rings is 1. The normalized spacial score (nSPS) is 20.4. The predicted molar refractivity (Wildman–Crippen MR) is 53.2 cm³/mol. The van der Waals surface area contributed by atoms with E-state index in [1.54, 1.807) is 0 Å². The minimum Gasteiger partial charge on any atom is -0.444 e. The topological polar surface area (TPSA) is 38.3 Å². The molecule has 1 aliphatic heterocycles. The zero-order chi connectivity index (χ0) is 9.97. The van der Waals surface area contributed by atoms with E-state index < -0.39 is 0 Å². The molecule has 0 aromatic heterocycles. The summed E-state index contributed by atoms with van der Waals surface area (Å²) >= 11 is 0. The van der Waals surface area contributed by atoms with Crippen molar-refractivity contribution in [2.75, 3.05) is 6.54 Å². The van der Waals surface area contributed by atoms with Gasteiger partial charge in [-0.2, -0.15) is 0 Å². The van der Waals surface area contributed by atoms with Crippen LogP contribution in [0.2, 0.25) is 0 Å². The first kappa shape index (κ1) is 9.06. The molecule has 3 nitrogen and oxygen atoms in total. The molecule has 0 bridgehead atoms. The lowest BCUT2D eigenvalue weighted by atomic mass is 10.1. The first-order valence-electron chi connectivity index (χ1n) is 4.74. The maximum atomic E-state index is 10.8. The van der Waals surface area contributed by atoms with E-state index in [9.17, 15) is 4.79 Å². The summed E-state index contributed by atoms with van der Waals surface area (Å²) in [6.07, 6.45) is 0.479. The van der Waals surface area contributed by atoms with Crippen LogP contribution in [0.5, 0.6) is 0 Å². The van der Waals surface area contributed by atoms with Gasteiger partial charge in [0.1, 0.15) is 6.10 Å². The first-order valence-corrected chi connectivity index (χ1v) is 4.74. The lowest BCUT2D eigenvalue weighted by Crippen LogP contribution is -2.16. The van der Waals surface area contributed by atoms with Gasteiger partial charge in [-0.15, -0.1) is 0 Å². The van der Waals surface area contributed by atoms with E-state index >= 15 is 0 Å². The third-order valence-corrected chi connectivity index (χ3v) is 2.29. The predicted octanol–water partition coefficient (Wildman–Crippen LogP) is 1.65. The summed E-state index contributed by atoms with van der Waals surface area (Å²) in [5.74, 6) is 0. The van der Waals surface area contributed by atoms with Gasteiger partial charge < -0.3 is 10.1 Å². The summed E-state index contributed by atoms with van der Waals surface area (Å²) in [6, 6.07) is 8.25. The Labute approximate surface area is 83.1 Å². The molecule has 1 unspecified atom stereocenters. The summed E-state index contributed by atoms with van der Waals surface area (Å²) < 4.78 is 5.06. The summed E-state index contributed by atoms with van der Waals surface area (Å²) in [7, 11) is 0. The number of hydrogen-bond acceptors (Lipinski definition) is 2. The van der Waals surface area contributed by atoms with E-state index in [4.69, 9.17) is 4.74 Å². The summed E-state index contributed by atoms with van der Waals surface area (Å²) in [4.78, 5) is 10.8. The van der Waals surface area contributed by atoms with Gasteiger partial charge in [-0.05, 0) is 12.5 Å². The molecule has 3 heteroatoms. The molecule has 1 aromatic rings. The highest BCUT2D eigenvalue weighted by molar-refractivity contribution is 5.69. The molecule has 74 valence electrons. The average molecular weight is 191 g/mol. The fraction of sp³-hybridized carbons (Fsp3) is 0.364. The molecule has 1 amide bonds.